The molecule has 6 aromatic rings. The molecule has 0 radical (unpaired) electrons. The average molecular weight is 1030 g/mol. The monoisotopic (exact) mass is 1030 g/mol. The molecule has 4 aromatic heterocycles. The smallest absolute Gasteiger partial charge is 0.328 e. The Morgan fingerprint density at radius 1 is 0.880 bits per heavy atom. The van der Waals surface area contributed by atoms with Crippen LogP contribution in [0, 0.1) is 0 Å². The highest BCUT2D eigenvalue weighted by atomic mass is 16.6. The number of piperazine rings is 1. The van der Waals surface area contributed by atoms with Gasteiger partial charge in [-0.3, -0.25) is 9.59 Å². The van der Waals surface area contributed by atoms with Crippen LogP contribution in [-0.2, 0) is 48.0 Å². The average Bonchev–Trinajstić information content (AvgIpc) is 4.01. The topological polar surface area (TPSA) is 314 Å². The summed E-state index contributed by atoms with van der Waals surface area (Å²) in [6.07, 6.45) is 8.05. The summed E-state index contributed by atoms with van der Waals surface area (Å²) in [7, 11) is 0. The van der Waals surface area contributed by atoms with E-state index >= 15 is 0 Å². The SMILES string of the molecule is Nc1nc2cc(-c3nn(Cc4ccc5c(c4)CCN(C(=O)CCOCCOCCOCCOCCNC(=O)c4cnc(N6CCN(C7=NC=C8CNCCC8N7)C[C@@H]6C(=O)O)nc4)C5)c4ncnc(N)c34)ccc2o1. The van der Waals surface area contributed by atoms with Gasteiger partial charge in [0.1, 0.15) is 29.4 Å². The molecule has 4 aliphatic rings. The molecule has 4 aliphatic heterocycles. The van der Waals surface area contributed by atoms with Crippen LogP contribution in [0.5, 0.6) is 0 Å². The number of nitrogens with one attached hydrogen (secondary N) is 3. The van der Waals surface area contributed by atoms with E-state index in [1.807, 2.05) is 32.8 Å². The van der Waals surface area contributed by atoms with Gasteiger partial charge in [0.15, 0.2) is 17.2 Å². The summed E-state index contributed by atoms with van der Waals surface area (Å²) in [5, 5.41) is 25.3. The standard InChI is InChI=1S/C50H60N16O9/c51-44-42-43(33-3-4-40-38(22-33)60-48(52)75-40)62-66(45(42)59-30-58-44)27-31-1-2-34-28-63(10-6-32(34)21-31)41(67)7-13-71-15-17-73-19-20-74-18-16-72-14-9-54-46(68)36-25-55-49(56-26-36)65-12-11-64(29-39(65)47(69)70)50-57-24-35-23-53-8-5-37(35)61-50/h1-4,21-22,24-26,30,37,39,53H,5-20,23,27-29H2,(H2,52,60)(H,54,68)(H,57,61)(H,69,70)(H2,51,58,59)/t37?,39-/m1/s1. The minimum Gasteiger partial charge on any atom is -0.480 e. The number of aromatic nitrogens is 7. The molecule has 2 saturated heterocycles. The number of anilines is 3. The molecule has 75 heavy (non-hydrogen) atoms. The van der Waals surface area contributed by atoms with Crippen molar-refractivity contribution >= 4 is 63.7 Å². The summed E-state index contributed by atoms with van der Waals surface area (Å²) in [5.41, 5.74) is 20.1. The Kier molecular flexibility index (Phi) is 15.9. The minimum absolute atomic E-state index is 0.0413. The lowest BCUT2D eigenvalue weighted by atomic mass is 9.97. The molecule has 2 amide bonds. The number of fused-ring (bicyclic) bond motifs is 4. The number of hydrogen-bond donors (Lipinski definition) is 6. The third kappa shape index (κ3) is 12.1. The molecule has 0 bridgehead atoms. The maximum atomic E-state index is 13.1. The Morgan fingerprint density at radius 2 is 1.67 bits per heavy atom. The molecule has 25 nitrogen and oxygen atoms in total. The second-order valence-corrected chi connectivity index (χ2v) is 18.4. The number of carboxylic acids is 1. The second-order valence-electron chi connectivity index (χ2n) is 18.4. The second kappa shape index (κ2) is 23.6. The van der Waals surface area contributed by atoms with Gasteiger partial charge < -0.3 is 70.6 Å². The number of benzene rings is 2. The van der Waals surface area contributed by atoms with Crippen LogP contribution in [0.1, 0.15) is 39.9 Å². The third-order valence-electron chi connectivity index (χ3n) is 13.5. The third-order valence-corrected chi connectivity index (χ3v) is 13.5. The number of hydrogen-bond acceptors (Lipinski definition) is 21. The van der Waals surface area contributed by atoms with E-state index < -0.39 is 12.0 Å². The van der Waals surface area contributed by atoms with Crippen LogP contribution in [0.2, 0.25) is 0 Å². The molecular weight excluding hydrogens is 969 g/mol. The molecule has 25 heteroatoms. The number of guanidine groups is 1. The maximum Gasteiger partial charge on any atom is 0.328 e. The van der Waals surface area contributed by atoms with Gasteiger partial charge >= 0.3 is 5.97 Å². The van der Waals surface area contributed by atoms with E-state index in [1.54, 1.807) is 11.0 Å². The van der Waals surface area contributed by atoms with Gasteiger partial charge in [0.2, 0.25) is 11.9 Å². The quantitative estimate of drug-likeness (QED) is 0.0552. The molecule has 8 heterocycles. The first-order chi connectivity index (χ1) is 36.6. The van der Waals surface area contributed by atoms with Crippen molar-refractivity contribution < 1.29 is 42.9 Å². The van der Waals surface area contributed by atoms with Crippen LogP contribution in [0.15, 0.2) is 76.3 Å². The number of nitrogen functional groups attached to an aromatic ring is 2. The lowest BCUT2D eigenvalue weighted by Gasteiger charge is -2.42. The zero-order chi connectivity index (χ0) is 51.7. The zero-order valence-corrected chi connectivity index (χ0v) is 41.4. The van der Waals surface area contributed by atoms with Crippen LogP contribution >= 0.6 is 0 Å². The molecule has 2 atom stereocenters. The van der Waals surface area contributed by atoms with Crippen molar-refractivity contribution in [3.8, 4) is 11.3 Å². The number of aliphatic carboxylic acids is 1. The number of carboxylic acid groups (broad SMARTS) is 1. The van der Waals surface area contributed by atoms with E-state index in [9.17, 15) is 19.5 Å². The molecule has 1 unspecified atom stereocenters. The van der Waals surface area contributed by atoms with E-state index in [0.717, 1.165) is 42.6 Å². The number of nitrogens with two attached hydrogens (primary N) is 2. The van der Waals surface area contributed by atoms with Crippen molar-refractivity contribution in [2.75, 3.05) is 115 Å². The van der Waals surface area contributed by atoms with Gasteiger partial charge in [-0.1, -0.05) is 18.2 Å². The lowest BCUT2D eigenvalue weighted by molar-refractivity contribution is -0.139. The predicted molar refractivity (Wildman–Crippen MR) is 274 cm³/mol. The van der Waals surface area contributed by atoms with Crippen LogP contribution < -0.4 is 32.3 Å². The van der Waals surface area contributed by atoms with Gasteiger partial charge in [-0.2, -0.15) is 10.1 Å². The summed E-state index contributed by atoms with van der Waals surface area (Å²) in [5.74, 6) is -0.0739. The van der Waals surface area contributed by atoms with Gasteiger partial charge in [-0.05, 0) is 59.8 Å². The first kappa shape index (κ1) is 50.7. The first-order valence-corrected chi connectivity index (χ1v) is 25.1. The lowest BCUT2D eigenvalue weighted by Crippen LogP contribution is -2.62. The molecule has 0 spiro atoms. The van der Waals surface area contributed by atoms with Crippen molar-refractivity contribution in [3.05, 3.63) is 89.1 Å². The Labute approximate surface area is 430 Å². The summed E-state index contributed by atoms with van der Waals surface area (Å²) in [6, 6.07) is 11.2. The summed E-state index contributed by atoms with van der Waals surface area (Å²) < 4.78 is 29.7. The molecule has 0 aliphatic carbocycles. The highest BCUT2D eigenvalue weighted by Gasteiger charge is 2.37. The highest BCUT2D eigenvalue weighted by Crippen LogP contribution is 2.33. The van der Waals surface area contributed by atoms with Crippen LogP contribution in [0.3, 0.4) is 0 Å². The van der Waals surface area contributed by atoms with Crippen molar-refractivity contribution in [1.29, 1.82) is 0 Å². The molecular formula is C50H60N16O9. The summed E-state index contributed by atoms with van der Waals surface area (Å²) in [6.45, 7) is 7.45. The van der Waals surface area contributed by atoms with Crippen molar-refractivity contribution in [3.63, 3.8) is 0 Å². The van der Waals surface area contributed by atoms with Gasteiger partial charge in [-0.15, -0.1) is 0 Å². The molecule has 0 saturated carbocycles. The van der Waals surface area contributed by atoms with Crippen molar-refractivity contribution in [2.45, 2.75) is 44.4 Å². The van der Waals surface area contributed by atoms with E-state index in [2.05, 4.69) is 64.1 Å². The van der Waals surface area contributed by atoms with E-state index in [4.69, 9.17) is 39.9 Å². The Bertz CT molecular complexity index is 3070. The highest BCUT2D eigenvalue weighted by molar-refractivity contribution is 5.99. The van der Waals surface area contributed by atoms with Gasteiger partial charge in [0.25, 0.3) is 11.9 Å². The predicted octanol–water partition coefficient (Wildman–Crippen LogP) is 1.19. The van der Waals surface area contributed by atoms with Gasteiger partial charge in [0.05, 0.1) is 89.4 Å². The number of piperidine rings is 1. The number of carbonyl (C=O) groups excluding carboxylic acids is 2. The molecule has 2 aromatic carbocycles. The summed E-state index contributed by atoms with van der Waals surface area (Å²) >= 11 is 0. The Balaban J connectivity index is 0.559. The van der Waals surface area contributed by atoms with Gasteiger partial charge in [0, 0.05) is 63.4 Å². The number of rotatable bonds is 21. The number of ether oxygens (including phenoxy) is 4. The molecule has 2 fully saturated rings. The van der Waals surface area contributed by atoms with Crippen LogP contribution in [-0.4, -0.2) is 184 Å². The fourth-order valence-corrected chi connectivity index (χ4v) is 9.56. The number of amides is 2. The number of nitrogens with zero attached hydrogens (tertiary/aromatic N) is 11. The Hall–Kier alpha value is -7.84. The van der Waals surface area contributed by atoms with Gasteiger partial charge in [-0.25, -0.2) is 34.4 Å². The molecule has 10 rings (SSSR count). The zero-order valence-electron chi connectivity index (χ0n) is 41.4. The van der Waals surface area contributed by atoms with Crippen molar-refractivity contribution in [2.24, 2.45) is 4.99 Å². The largest absolute Gasteiger partial charge is 0.480 e. The van der Waals surface area contributed by atoms with Crippen LogP contribution in [0.4, 0.5) is 17.8 Å². The number of aliphatic imine (C=N–C) groups is 1. The number of oxazole rings is 1. The fraction of sp³-hybridized carbons (Fsp3) is 0.440. The fourth-order valence-electron chi connectivity index (χ4n) is 9.56. The number of carbonyl (C=O) groups is 3. The first-order valence-electron chi connectivity index (χ1n) is 25.1. The van der Waals surface area contributed by atoms with Crippen molar-refractivity contribution in [1.82, 2.24) is 60.5 Å². The van der Waals surface area contributed by atoms with E-state index in [0.29, 0.717) is 119 Å². The Morgan fingerprint density at radius 3 is 2.47 bits per heavy atom. The minimum atomic E-state index is -0.995. The molecule has 8 N–H and O–H groups in total. The van der Waals surface area contributed by atoms with E-state index in [1.165, 1.54) is 29.9 Å². The normalized spacial score (nSPS) is 17.6. The molecule has 394 valence electrons. The van der Waals surface area contributed by atoms with E-state index in [-0.39, 0.29) is 61.5 Å². The van der Waals surface area contributed by atoms with Crippen LogP contribution in [0.25, 0.3) is 33.4 Å². The maximum absolute atomic E-state index is 13.1. The summed E-state index contributed by atoms with van der Waals surface area (Å²) in [4.78, 5) is 69.9.